The standard InChI is InChI=1S/C3H6ClNS/c1-2(4)3(5)6/h2H,1H3,(H2,5,6). The Hall–Kier alpha value is 0.180. The Morgan fingerprint density at radius 3 is 2.17 bits per heavy atom. The van der Waals surface area contributed by atoms with Crippen LogP contribution in [0.15, 0.2) is 0 Å². The van der Waals surface area contributed by atoms with E-state index in [0.29, 0.717) is 4.99 Å². The van der Waals surface area contributed by atoms with Crippen molar-refractivity contribution in [3.05, 3.63) is 0 Å². The molecule has 0 amide bonds. The highest BCUT2D eigenvalue weighted by Crippen LogP contribution is 1.90. The molecule has 1 nitrogen and oxygen atoms in total. The highest BCUT2D eigenvalue weighted by molar-refractivity contribution is 7.80. The molecule has 3 heteroatoms. The molecule has 0 aromatic carbocycles. The minimum atomic E-state index is -0.167. The minimum Gasteiger partial charge on any atom is -0.392 e. The first-order chi connectivity index (χ1) is 2.64. The zero-order valence-corrected chi connectivity index (χ0v) is 5.01. The molecule has 0 heterocycles. The van der Waals surface area contributed by atoms with Crippen LogP contribution in [0.3, 0.4) is 0 Å². The van der Waals surface area contributed by atoms with Crippen LogP contribution in [0.5, 0.6) is 0 Å². The molecule has 0 saturated heterocycles. The average Bonchev–Trinajstić information content (AvgIpc) is 1.36. The van der Waals surface area contributed by atoms with Crippen molar-refractivity contribution in [1.82, 2.24) is 0 Å². The van der Waals surface area contributed by atoms with Crippen molar-refractivity contribution < 1.29 is 0 Å². The molecule has 1 atom stereocenters. The lowest BCUT2D eigenvalue weighted by molar-refractivity contribution is 1.30. The van der Waals surface area contributed by atoms with Gasteiger partial charge in [-0.25, -0.2) is 0 Å². The van der Waals surface area contributed by atoms with E-state index < -0.39 is 0 Å². The number of alkyl halides is 1. The van der Waals surface area contributed by atoms with E-state index in [-0.39, 0.29) is 5.38 Å². The molecule has 36 valence electrons. The molecule has 0 fully saturated rings. The summed E-state index contributed by atoms with van der Waals surface area (Å²) in [5.41, 5.74) is 5.03. The largest absolute Gasteiger partial charge is 0.392 e. The highest BCUT2D eigenvalue weighted by atomic mass is 35.5. The molecule has 0 aromatic heterocycles. The van der Waals surface area contributed by atoms with Crippen molar-refractivity contribution in [2.45, 2.75) is 12.3 Å². The van der Waals surface area contributed by atoms with Crippen LogP contribution in [0.2, 0.25) is 0 Å². The van der Waals surface area contributed by atoms with Crippen molar-refractivity contribution >= 4 is 28.8 Å². The van der Waals surface area contributed by atoms with Crippen LogP contribution in [-0.2, 0) is 0 Å². The maximum absolute atomic E-state index is 5.35. The van der Waals surface area contributed by atoms with Crippen LogP contribution < -0.4 is 5.73 Å². The fraction of sp³-hybridized carbons (Fsp3) is 0.667. The number of nitrogens with two attached hydrogens (primary N) is 1. The molecule has 0 bridgehead atoms. The molecule has 2 N–H and O–H groups in total. The lowest BCUT2D eigenvalue weighted by Crippen LogP contribution is -2.17. The first-order valence-electron chi connectivity index (χ1n) is 1.58. The first-order valence-corrected chi connectivity index (χ1v) is 2.42. The topological polar surface area (TPSA) is 26.0 Å². The molecule has 0 aliphatic rings. The monoisotopic (exact) mass is 123 g/mol. The van der Waals surface area contributed by atoms with Gasteiger partial charge in [-0.15, -0.1) is 11.6 Å². The van der Waals surface area contributed by atoms with Gasteiger partial charge in [-0.05, 0) is 6.92 Å². The third-order valence-electron chi connectivity index (χ3n) is 0.392. The SMILES string of the molecule is CC(Cl)C(N)=S. The van der Waals surface area contributed by atoms with E-state index in [4.69, 9.17) is 17.3 Å². The van der Waals surface area contributed by atoms with Crippen molar-refractivity contribution in [3.63, 3.8) is 0 Å². The van der Waals surface area contributed by atoms with Gasteiger partial charge in [0.1, 0.15) is 0 Å². The summed E-state index contributed by atoms with van der Waals surface area (Å²) in [7, 11) is 0. The van der Waals surface area contributed by atoms with Crippen molar-refractivity contribution in [2.24, 2.45) is 5.73 Å². The lowest BCUT2D eigenvalue weighted by atomic mass is 10.5. The minimum absolute atomic E-state index is 0.167. The highest BCUT2D eigenvalue weighted by Gasteiger charge is 1.94. The molecule has 0 spiro atoms. The summed E-state index contributed by atoms with van der Waals surface area (Å²) in [6, 6.07) is 0. The van der Waals surface area contributed by atoms with E-state index in [2.05, 4.69) is 12.2 Å². The van der Waals surface area contributed by atoms with E-state index in [0.717, 1.165) is 0 Å². The molecule has 1 unspecified atom stereocenters. The molecular formula is C3H6ClNS. The molecular weight excluding hydrogens is 118 g/mol. The van der Waals surface area contributed by atoms with Gasteiger partial charge in [0.25, 0.3) is 0 Å². The van der Waals surface area contributed by atoms with Gasteiger partial charge >= 0.3 is 0 Å². The van der Waals surface area contributed by atoms with Crippen molar-refractivity contribution in [1.29, 1.82) is 0 Å². The van der Waals surface area contributed by atoms with Crippen LogP contribution in [0.4, 0.5) is 0 Å². The fourth-order valence-corrected chi connectivity index (χ4v) is 0. The fourth-order valence-electron chi connectivity index (χ4n) is 0. The van der Waals surface area contributed by atoms with E-state index >= 15 is 0 Å². The molecule has 0 saturated carbocycles. The van der Waals surface area contributed by atoms with E-state index in [1.807, 2.05) is 0 Å². The van der Waals surface area contributed by atoms with Crippen molar-refractivity contribution in [3.8, 4) is 0 Å². The second kappa shape index (κ2) is 2.37. The third-order valence-corrected chi connectivity index (χ3v) is 1.11. The summed E-state index contributed by atoms with van der Waals surface area (Å²) in [4.78, 5) is 0.358. The van der Waals surface area contributed by atoms with Crippen LogP contribution in [0.25, 0.3) is 0 Å². The van der Waals surface area contributed by atoms with Crippen LogP contribution in [-0.4, -0.2) is 10.4 Å². The Balaban J connectivity index is 3.26. The van der Waals surface area contributed by atoms with Gasteiger partial charge < -0.3 is 5.73 Å². The van der Waals surface area contributed by atoms with Crippen LogP contribution >= 0.6 is 23.8 Å². The second-order valence-corrected chi connectivity index (χ2v) is 2.14. The number of rotatable bonds is 1. The molecule has 0 aromatic rings. The predicted molar refractivity (Wildman–Crippen MR) is 32.1 cm³/mol. The Labute approximate surface area is 47.5 Å². The van der Waals surface area contributed by atoms with Gasteiger partial charge in [0.15, 0.2) is 0 Å². The number of hydrogen-bond acceptors (Lipinski definition) is 1. The van der Waals surface area contributed by atoms with Gasteiger partial charge in [-0.3, -0.25) is 0 Å². The van der Waals surface area contributed by atoms with Gasteiger partial charge in [-0.2, -0.15) is 0 Å². The molecule has 0 aliphatic heterocycles. The second-order valence-electron chi connectivity index (χ2n) is 1.02. The normalized spacial score (nSPS) is 13.7. The Morgan fingerprint density at radius 1 is 2.00 bits per heavy atom. The Morgan fingerprint density at radius 2 is 2.17 bits per heavy atom. The van der Waals surface area contributed by atoms with Crippen molar-refractivity contribution in [2.75, 3.05) is 0 Å². The van der Waals surface area contributed by atoms with Gasteiger partial charge in [0, 0.05) is 0 Å². The summed E-state index contributed by atoms with van der Waals surface area (Å²) in [6.45, 7) is 1.74. The quantitative estimate of drug-likeness (QED) is 0.414. The molecule has 0 aliphatic carbocycles. The maximum Gasteiger partial charge on any atom is 0.0906 e. The Kier molecular flexibility index (Phi) is 2.44. The summed E-state index contributed by atoms with van der Waals surface area (Å²) in [5, 5.41) is -0.167. The third kappa shape index (κ3) is 2.42. The van der Waals surface area contributed by atoms with Crippen LogP contribution in [0.1, 0.15) is 6.92 Å². The lowest BCUT2D eigenvalue weighted by Gasteiger charge is -1.92. The molecule has 6 heavy (non-hydrogen) atoms. The van der Waals surface area contributed by atoms with E-state index in [1.54, 1.807) is 6.92 Å². The van der Waals surface area contributed by atoms with Gasteiger partial charge in [0.2, 0.25) is 0 Å². The van der Waals surface area contributed by atoms with Crippen LogP contribution in [0, 0.1) is 0 Å². The smallest absolute Gasteiger partial charge is 0.0906 e. The number of halogens is 1. The van der Waals surface area contributed by atoms with E-state index in [1.165, 1.54) is 0 Å². The Bertz CT molecular complexity index is 61.8. The number of hydrogen-bond donors (Lipinski definition) is 1. The molecule has 0 rings (SSSR count). The predicted octanol–water partition coefficient (Wildman–Crippen LogP) is 0.900. The summed E-state index contributed by atoms with van der Waals surface area (Å²) < 4.78 is 0. The summed E-state index contributed by atoms with van der Waals surface area (Å²) in [6.07, 6.45) is 0. The average molecular weight is 124 g/mol. The zero-order chi connectivity index (χ0) is 5.15. The first kappa shape index (κ1) is 6.18. The molecule has 0 radical (unpaired) electrons. The number of thiocarbonyl (C=S) groups is 1. The maximum atomic E-state index is 5.35. The summed E-state index contributed by atoms with van der Waals surface area (Å²) >= 11 is 9.81. The summed E-state index contributed by atoms with van der Waals surface area (Å²) in [5.74, 6) is 0. The van der Waals surface area contributed by atoms with Gasteiger partial charge in [-0.1, -0.05) is 12.2 Å². The zero-order valence-electron chi connectivity index (χ0n) is 3.44. The van der Waals surface area contributed by atoms with Gasteiger partial charge in [0.05, 0.1) is 10.4 Å². The van der Waals surface area contributed by atoms with E-state index in [9.17, 15) is 0 Å².